The summed E-state index contributed by atoms with van der Waals surface area (Å²) in [5.41, 5.74) is 0.228. The second-order valence-corrected chi connectivity index (χ2v) is 8.05. The molecule has 1 atom stereocenters. The minimum absolute atomic E-state index is 0.0208. The van der Waals surface area contributed by atoms with Crippen LogP contribution in [0.3, 0.4) is 0 Å². The normalized spacial score (nSPS) is 18.4. The second-order valence-electron chi connectivity index (χ2n) is 7.16. The first-order chi connectivity index (χ1) is 11.5. The number of ether oxygens (including phenoxy) is 1. The lowest BCUT2D eigenvalue weighted by Gasteiger charge is -2.22. The van der Waals surface area contributed by atoms with Crippen LogP contribution in [0.4, 0.5) is 0 Å². The van der Waals surface area contributed by atoms with Crippen LogP contribution in [0.25, 0.3) is 0 Å². The van der Waals surface area contributed by atoms with Crippen LogP contribution in [0.15, 0.2) is 17.8 Å². The second kappa shape index (κ2) is 7.33. The maximum Gasteiger partial charge on any atom is 0.141 e. The van der Waals surface area contributed by atoms with Crippen molar-refractivity contribution < 1.29 is 9.84 Å². The summed E-state index contributed by atoms with van der Waals surface area (Å²) in [7, 11) is 0. The van der Waals surface area contributed by atoms with Gasteiger partial charge in [-0.05, 0) is 38.5 Å². The summed E-state index contributed by atoms with van der Waals surface area (Å²) in [4.78, 5) is 9.14. The third-order valence-corrected chi connectivity index (χ3v) is 5.55. The fourth-order valence-electron chi connectivity index (χ4n) is 3.19. The molecule has 1 N–H and O–H groups in total. The Bertz CT molecular complexity index is 659. The van der Waals surface area contributed by atoms with Crippen LogP contribution in [-0.4, -0.2) is 26.2 Å². The van der Waals surface area contributed by atoms with Crippen molar-refractivity contribution in [2.24, 2.45) is 5.92 Å². The molecule has 2 aromatic heterocycles. The minimum atomic E-state index is -0.768. The first-order valence-electron chi connectivity index (χ1n) is 8.78. The number of hydrogen-bond acceptors (Lipinski definition) is 5. The van der Waals surface area contributed by atoms with Gasteiger partial charge in [0.05, 0.1) is 12.2 Å². The van der Waals surface area contributed by atoms with E-state index in [0.29, 0.717) is 12.5 Å². The summed E-state index contributed by atoms with van der Waals surface area (Å²) in [6, 6.07) is 0. The molecule has 2 heterocycles. The van der Waals surface area contributed by atoms with Gasteiger partial charge in [-0.2, -0.15) is 0 Å². The van der Waals surface area contributed by atoms with Crippen molar-refractivity contribution in [3.63, 3.8) is 0 Å². The molecule has 1 saturated carbocycles. The van der Waals surface area contributed by atoms with Gasteiger partial charge in [-0.25, -0.2) is 9.97 Å². The molecule has 1 fully saturated rings. The Hall–Kier alpha value is -1.24. The van der Waals surface area contributed by atoms with Crippen LogP contribution in [0.1, 0.15) is 69.1 Å². The first-order valence-corrected chi connectivity index (χ1v) is 9.66. The number of nitrogens with zero attached hydrogens (tertiary/aromatic N) is 3. The zero-order chi connectivity index (χ0) is 17.2. The molecule has 0 aromatic carbocycles. The highest BCUT2D eigenvalue weighted by molar-refractivity contribution is 7.09. The maximum atomic E-state index is 10.8. The van der Waals surface area contributed by atoms with E-state index in [2.05, 4.69) is 31.1 Å². The third-order valence-electron chi connectivity index (χ3n) is 4.49. The number of thiazole rings is 1. The third kappa shape index (κ3) is 3.87. The maximum absolute atomic E-state index is 10.8. The average Bonchev–Trinajstić information content (AvgIpc) is 3.26. The lowest BCUT2D eigenvalue weighted by Crippen LogP contribution is -2.26. The Morgan fingerprint density at radius 2 is 2.08 bits per heavy atom. The van der Waals surface area contributed by atoms with Gasteiger partial charge >= 0.3 is 0 Å². The summed E-state index contributed by atoms with van der Waals surface area (Å²) in [5, 5.41) is 13.9. The number of imidazole rings is 1. The van der Waals surface area contributed by atoms with Gasteiger partial charge < -0.3 is 14.4 Å². The molecule has 24 heavy (non-hydrogen) atoms. The largest absolute Gasteiger partial charge is 0.382 e. The molecular formula is C18H27N3O2S. The summed E-state index contributed by atoms with van der Waals surface area (Å²) >= 11 is 1.64. The van der Waals surface area contributed by atoms with Gasteiger partial charge in [-0.15, -0.1) is 11.3 Å². The summed E-state index contributed by atoms with van der Waals surface area (Å²) < 4.78 is 7.88. The number of hydrogen-bond donors (Lipinski definition) is 1. The molecule has 0 spiro atoms. The molecule has 6 heteroatoms. The zero-order valence-corrected chi connectivity index (χ0v) is 15.6. The fourth-order valence-corrected chi connectivity index (χ4v) is 4.01. The van der Waals surface area contributed by atoms with Gasteiger partial charge in [0.2, 0.25) is 0 Å². The monoisotopic (exact) mass is 349 g/mol. The van der Waals surface area contributed by atoms with Crippen molar-refractivity contribution in [3.05, 3.63) is 34.3 Å². The van der Waals surface area contributed by atoms with Crippen molar-refractivity contribution >= 4 is 11.3 Å². The minimum Gasteiger partial charge on any atom is -0.382 e. The molecule has 0 bridgehead atoms. The Kier molecular flexibility index (Phi) is 5.37. The van der Waals surface area contributed by atoms with Gasteiger partial charge in [-0.1, -0.05) is 13.8 Å². The van der Waals surface area contributed by atoms with Crippen molar-refractivity contribution in [2.45, 2.75) is 64.7 Å². The Balaban J connectivity index is 1.68. The average molecular weight is 350 g/mol. The first kappa shape index (κ1) is 17.6. The Morgan fingerprint density at radius 3 is 2.79 bits per heavy atom. The molecule has 2 aromatic rings. The highest BCUT2D eigenvalue weighted by atomic mass is 32.1. The smallest absolute Gasteiger partial charge is 0.141 e. The molecule has 1 aliphatic rings. The van der Waals surface area contributed by atoms with Gasteiger partial charge in [0, 0.05) is 24.4 Å². The summed E-state index contributed by atoms with van der Waals surface area (Å²) in [6.45, 7) is 7.73. The van der Waals surface area contributed by atoms with Crippen LogP contribution in [0.5, 0.6) is 0 Å². The van der Waals surface area contributed by atoms with E-state index < -0.39 is 5.60 Å². The van der Waals surface area contributed by atoms with Gasteiger partial charge in [0.1, 0.15) is 22.5 Å². The molecule has 1 unspecified atom stereocenters. The van der Waals surface area contributed by atoms with Crippen LogP contribution < -0.4 is 0 Å². The SMILES string of the molecule is CC(C)COC(C)c1nc(Cn2ccnc2C2(O)CCCC2)cs1. The van der Waals surface area contributed by atoms with Gasteiger partial charge in [0.25, 0.3) is 0 Å². The summed E-state index contributed by atoms with van der Waals surface area (Å²) in [6.07, 6.45) is 7.45. The predicted molar refractivity (Wildman–Crippen MR) is 95.0 cm³/mol. The van der Waals surface area contributed by atoms with E-state index in [1.165, 1.54) is 0 Å². The standard InChI is InChI=1S/C18H27N3O2S/c1-13(2)11-23-14(3)16-20-15(12-24-16)10-21-9-8-19-17(21)18(22)6-4-5-7-18/h8-9,12-14,22H,4-7,10-11H2,1-3H3. The quantitative estimate of drug-likeness (QED) is 0.824. The van der Waals surface area contributed by atoms with E-state index >= 15 is 0 Å². The Labute approximate surface area is 147 Å². The van der Waals surface area contributed by atoms with E-state index in [-0.39, 0.29) is 6.10 Å². The Morgan fingerprint density at radius 1 is 1.33 bits per heavy atom. The number of aromatic nitrogens is 3. The molecule has 0 aliphatic heterocycles. The predicted octanol–water partition coefficient (Wildman–Crippen LogP) is 3.88. The molecular weight excluding hydrogens is 322 g/mol. The lowest BCUT2D eigenvalue weighted by atomic mass is 10.0. The van der Waals surface area contributed by atoms with E-state index in [1.807, 2.05) is 10.8 Å². The molecule has 5 nitrogen and oxygen atoms in total. The van der Waals surface area contributed by atoms with E-state index in [0.717, 1.165) is 48.8 Å². The molecule has 0 radical (unpaired) electrons. The highest BCUT2D eigenvalue weighted by Gasteiger charge is 2.36. The van der Waals surface area contributed by atoms with E-state index in [4.69, 9.17) is 9.72 Å². The zero-order valence-electron chi connectivity index (χ0n) is 14.7. The van der Waals surface area contributed by atoms with Gasteiger partial charge in [-0.3, -0.25) is 0 Å². The van der Waals surface area contributed by atoms with Crippen molar-refractivity contribution in [3.8, 4) is 0 Å². The van der Waals surface area contributed by atoms with Crippen molar-refractivity contribution in [1.29, 1.82) is 0 Å². The lowest BCUT2D eigenvalue weighted by molar-refractivity contribution is 0.0318. The number of rotatable bonds is 7. The summed E-state index contributed by atoms with van der Waals surface area (Å²) in [5.74, 6) is 1.30. The van der Waals surface area contributed by atoms with Crippen molar-refractivity contribution in [2.75, 3.05) is 6.61 Å². The molecule has 132 valence electrons. The van der Waals surface area contributed by atoms with E-state index in [9.17, 15) is 5.11 Å². The molecule has 1 aliphatic carbocycles. The topological polar surface area (TPSA) is 60.2 Å². The highest BCUT2D eigenvalue weighted by Crippen LogP contribution is 2.37. The van der Waals surface area contributed by atoms with Crippen LogP contribution in [-0.2, 0) is 16.9 Å². The van der Waals surface area contributed by atoms with Gasteiger partial charge in [0.15, 0.2) is 0 Å². The van der Waals surface area contributed by atoms with Crippen LogP contribution >= 0.6 is 11.3 Å². The fraction of sp³-hybridized carbons (Fsp3) is 0.667. The van der Waals surface area contributed by atoms with E-state index in [1.54, 1.807) is 17.5 Å². The number of aliphatic hydroxyl groups is 1. The van der Waals surface area contributed by atoms with Crippen molar-refractivity contribution in [1.82, 2.24) is 14.5 Å². The molecule has 0 amide bonds. The molecule has 3 rings (SSSR count). The van der Waals surface area contributed by atoms with Crippen LogP contribution in [0, 0.1) is 5.92 Å². The molecule has 0 saturated heterocycles. The van der Waals surface area contributed by atoms with Crippen LogP contribution in [0.2, 0.25) is 0 Å².